The van der Waals surface area contributed by atoms with Gasteiger partial charge in [0.25, 0.3) is 0 Å². The molecular formula is C31H34N2O5. The number of hydrogen-bond acceptors (Lipinski definition) is 5. The lowest BCUT2D eigenvalue weighted by molar-refractivity contribution is -0.138. The van der Waals surface area contributed by atoms with Crippen LogP contribution in [0.3, 0.4) is 0 Å². The van der Waals surface area contributed by atoms with Crippen molar-refractivity contribution >= 4 is 23.3 Å². The Morgan fingerprint density at radius 3 is 2.24 bits per heavy atom. The monoisotopic (exact) mass is 514 g/mol. The maximum atomic E-state index is 13.0. The zero-order chi connectivity index (χ0) is 27.1. The van der Waals surface area contributed by atoms with Gasteiger partial charge in [-0.05, 0) is 42.7 Å². The summed E-state index contributed by atoms with van der Waals surface area (Å²) in [7, 11) is 0. The molecule has 1 unspecified atom stereocenters. The summed E-state index contributed by atoms with van der Waals surface area (Å²) in [6.07, 6.45) is 2.33. The van der Waals surface area contributed by atoms with Crippen molar-refractivity contribution in [1.29, 1.82) is 0 Å². The molecule has 1 aliphatic carbocycles. The largest absolute Gasteiger partial charge is 0.492 e. The van der Waals surface area contributed by atoms with Crippen LogP contribution in [-0.2, 0) is 16.0 Å². The van der Waals surface area contributed by atoms with E-state index >= 15 is 0 Å². The highest BCUT2D eigenvalue weighted by molar-refractivity contribution is 6.12. The molecule has 1 aliphatic rings. The van der Waals surface area contributed by atoms with E-state index in [1.807, 2.05) is 49.1 Å². The molecule has 1 saturated carbocycles. The van der Waals surface area contributed by atoms with Crippen molar-refractivity contribution in [2.24, 2.45) is 5.92 Å². The van der Waals surface area contributed by atoms with Gasteiger partial charge in [0.05, 0.1) is 6.54 Å². The topological polar surface area (TPSA) is 95.9 Å². The van der Waals surface area contributed by atoms with Crippen molar-refractivity contribution in [2.75, 3.05) is 18.5 Å². The quantitative estimate of drug-likeness (QED) is 0.310. The van der Waals surface area contributed by atoms with Gasteiger partial charge < -0.3 is 20.1 Å². The first-order valence-corrected chi connectivity index (χ1v) is 13.0. The summed E-state index contributed by atoms with van der Waals surface area (Å²) in [5.41, 5.74) is 2.26. The number of nitrogens with one attached hydrogen (secondary N) is 1. The molecule has 0 heterocycles. The number of anilines is 1. The second kappa shape index (κ2) is 12.4. The number of aliphatic carboxylic acids is 1. The van der Waals surface area contributed by atoms with Crippen molar-refractivity contribution < 1.29 is 24.2 Å². The Kier molecular flexibility index (Phi) is 8.79. The number of amides is 1. The lowest BCUT2D eigenvalue weighted by Gasteiger charge is -2.24. The average Bonchev–Trinajstić information content (AvgIpc) is 3.77. The molecule has 3 aromatic rings. The van der Waals surface area contributed by atoms with Crippen LogP contribution in [0.15, 0.2) is 78.9 Å². The number of carboxylic acid groups (broad SMARTS) is 1. The predicted molar refractivity (Wildman–Crippen MR) is 147 cm³/mol. The number of benzene rings is 3. The first-order valence-electron chi connectivity index (χ1n) is 13.0. The molecule has 198 valence electrons. The highest BCUT2D eigenvalue weighted by Crippen LogP contribution is 2.28. The summed E-state index contributed by atoms with van der Waals surface area (Å²) in [5, 5.41) is 12.9. The molecule has 2 N–H and O–H groups in total. The van der Waals surface area contributed by atoms with E-state index in [1.165, 1.54) is 0 Å². The summed E-state index contributed by atoms with van der Waals surface area (Å²) < 4.78 is 5.87. The zero-order valence-electron chi connectivity index (χ0n) is 21.8. The zero-order valence-corrected chi connectivity index (χ0v) is 21.8. The van der Waals surface area contributed by atoms with E-state index in [4.69, 9.17) is 4.74 Å². The third-order valence-corrected chi connectivity index (χ3v) is 6.56. The normalized spacial score (nSPS) is 13.6. The molecule has 0 radical (unpaired) electrons. The molecule has 38 heavy (non-hydrogen) atoms. The van der Waals surface area contributed by atoms with Crippen LogP contribution in [0.1, 0.15) is 48.2 Å². The number of carbonyl (C=O) groups excluding carboxylic acids is 2. The number of nitrogens with zero attached hydrogens (tertiary/aromatic N) is 1. The summed E-state index contributed by atoms with van der Waals surface area (Å²) >= 11 is 0. The van der Waals surface area contributed by atoms with Gasteiger partial charge in [0.1, 0.15) is 18.4 Å². The number of ketones is 1. The fourth-order valence-corrected chi connectivity index (χ4v) is 4.35. The fraction of sp³-hybridized carbons (Fsp3) is 0.323. The molecular weight excluding hydrogens is 480 g/mol. The molecule has 4 rings (SSSR count). The molecule has 0 bridgehead atoms. The summed E-state index contributed by atoms with van der Waals surface area (Å²) in [6, 6.07) is 22.6. The second-order valence-electron chi connectivity index (χ2n) is 9.89. The third kappa shape index (κ3) is 7.00. The lowest BCUT2D eigenvalue weighted by Crippen LogP contribution is -2.39. The molecule has 7 heteroatoms. The Balaban J connectivity index is 1.37. The van der Waals surface area contributed by atoms with Crippen LogP contribution >= 0.6 is 0 Å². The van der Waals surface area contributed by atoms with Crippen LogP contribution in [0.2, 0.25) is 0 Å². The Labute approximate surface area is 223 Å². The molecule has 1 amide bonds. The number of rotatable bonds is 13. The molecule has 0 aliphatic heterocycles. The van der Waals surface area contributed by atoms with Crippen molar-refractivity contribution in [1.82, 2.24) is 4.90 Å². The minimum Gasteiger partial charge on any atom is -0.492 e. The van der Waals surface area contributed by atoms with Gasteiger partial charge in [-0.15, -0.1) is 0 Å². The minimum absolute atomic E-state index is 0.0332. The van der Waals surface area contributed by atoms with Crippen molar-refractivity contribution in [3.05, 3.63) is 95.6 Å². The fourth-order valence-electron chi connectivity index (χ4n) is 4.35. The van der Waals surface area contributed by atoms with E-state index in [1.54, 1.807) is 48.5 Å². The van der Waals surface area contributed by atoms with Gasteiger partial charge in [-0.2, -0.15) is 0 Å². The lowest BCUT2D eigenvalue weighted by atomic mass is 10.00. The highest BCUT2D eigenvalue weighted by atomic mass is 16.5. The van der Waals surface area contributed by atoms with Crippen LogP contribution in [0.5, 0.6) is 5.75 Å². The Bertz CT molecular complexity index is 1250. The SMILES string of the molecule is CC(C)C(=O)N(CCOc1ccc(CC(Nc2ccccc2C(=O)c2ccccc2)C(=O)O)cc1)C1CC1. The van der Waals surface area contributed by atoms with E-state index in [2.05, 4.69) is 5.32 Å². The Morgan fingerprint density at radius 2 is 1.61 bits per heavy atom. The van der Waals surface area contributed by atoms with Crippen molar-refractivity contribution in [3.63, 3.8) is 0 Å². The maximum Gasteiger partial charge on any atom is 0.326 e. The Morgan fingerprint density at radius 1 is 0.947 bits per heavy atom. The summed E-state index contributed by atoms with van der Waals surface area (Å²) in [4.78, 5) is 39.5. The Hall–Kier alpha value is -4.13. The van der Waals surface area contributed by atoms with Crippen molar-refractivity contribution in [2.45, 2.75) is 45.2 Å². The third-order valence-electron chi connectivity index (χ3n) is 6.56. The van der Waals surface area contributed by atoms with E-state index in [-0.39, 0.29) is 24.0 Å². The van der Waals surface area contributed by atoms with Crippen LogP contribution in [-0.4, -0.2) is 52.9 Å². The standard InChI is InChI=1S/C31H34N2O5/c1-21(2)30(35)33(24-14-15-24)18-19-38-25-16-12-22(13-17-25)20-28(31(36)37)32-27-11-7-6-10-26(27)29(34)23-8-4-3-5-9-23/h3-13,16-17,21,24,28,32H,14-15,18-20H2,1-2H3,(H,36,37). The van der Waals surface area contributed by atoms with Gasteiger partial charge in [0.15, 0.2) is 5.78 Å². The summed E-state index contributed by atoms with van der Waals surface area (Å²) in [5.74, 6) is -0.392. The number of para-hydroxylation sites is 1. The first kappa shape index (κ1) is 26.9. The minimum atomic E-state index is -1.01. The van der Waals surface area contributed by atoms with Gasteiger partial charge in [-0.3, -0.25) is 9.59 Å². The summed E-state index contributed by atoms with van der Waals surface area (Å²) in [6.45, 7) is 4.78. The van der Waals surface area contributed by atoms with E-state index in [9.17, 15) is 19.5 Å². The van der Waals surface area contributed by atoms with Crippen LogP contribution in [0.4, 0.5) is 5.69 Å². The average molecular weight is 515 g/mol. The van der Waals surface area contributed by atoms with Crippen molar-refractivity contribution in [3.8, 4) is 5.75 Å². The van der Waals surface area contributed by atoms with Gasteiger partial charge in [-0.1, -0.05) is 68.4 Å². The van der Waals surface area contributed by atoms with Crippen LogP contribution in [0.25, 0.3) is 0 Å². The molecule has 1 fully saturated rings. The maximum absolute atomic E-state index is 13.0. The number of hydrogen-bond donors (Lipinski definition) is 2. The van der Waals surface area contributed by atoms with E-state index < -0.39 is 12.0 Å². The van der Waals surface area contributed by atoms with Gasteiger partial charge in [0.2, 0.25) is 5.91 Å². The number of carboxylic acids is 1. The molecule has 0 saturated heterocycles. The van der Waals surface area contributed by atoms with E-state index in [0.717, 1.165) is 18.4 Å². The smallest absolute Gasteiger partial charge is 0.326 e. The van der Waals surface area contributed by atoms with Crippen LogP contribution in [0, 0.1) is 5.92 Å². The van der Waals surface area contributed by atoms with Gasteiger partial charge in [0, 0.05) is 35.2 Å². The first-order chi connectivity index (χ1) is 18.3. The van der Waals surface area contributed by atoms with E-state index in [0.29, 0.717) is 41.8 Å². The van der Waals surface area contributed by atoms with Crippen LogP contribution < -0.4 is 10.1 Å². The number of ether oxygens (including phenoxy) is 1. The van der Waals surface area contributed by atoms with Gasteiger partial charge >= 0.3 is 5.97 Å². The molecule has 0 spiro atoms. The molecule has 7 nitrogen and oxygen atoms in total. The van der Waals surface area contributed by atoms with Gasteiger partial charge in [-0.25, -0.2) is 4.79 Å². The molecule has 0 aromatic heterocycles. The number of carbonyl (C=O) groups is 3. The molecule has 1 atom stereocenters. The predicted octanol–water partition coefficient (Wildman–Crippen LogP) is 5.05. The highest BCUT2D eigenvalue weighted by Gasteiger charge is 2.33. The second-order valence-corrected chi connectivity index (χ2v) is 9.89. The molecule has 3 aromatic carbocycles.